The minimum absolute atomic E-state index is 0.100. The number of rotatable bonds is 7. The lowest BCUT2D eigenvalue weighted by molar-refractivity contribution is -0.140. The quantitative estimate of drug-likeness (QED) is 0.585. The van der Waals surface area contributed by atoms with E-state index in [0.717, 1.165) is 19.3 Å². The van der Waals surface area contributed by atoms with Gasteiger partial charge in [-0.15, -0.1) is 0 Å². The van der Waals surface area contributed by atoms with Gasteiger partial charge in [0.1, 0.15) is 0 Å². The van der Waals surface area contributed by atoms with Crippen molar-refractivity contribution in [2.24, 2.45) is 28.9 Å². The number of hydrogen-bond donors (Lipinski definition) is 3. The lowest BCUT2D eigenvalue weighted by Gasteiger charge is -2.55. The van der Waals surface area contributed by atoms with Crippen molar-refractivity contribution in [3.63, 3.8) is 0 Å². The predicted molar refractivity (Wildman–Crippen MR) is 108 cm³/mol. The Bertz CT molecular complexity index is 829. The second kappa shape index (κ2) is 8.08. The van der Waals surface area contributed by atoms with Gasteiger partial charge in [0.2, 0.25) is 11.8 Å². The number of benzene rings is 1. The summed E-state index contributed by atoms with van der Waals surface area (Å²) >= 11 is 0. The predicted octanol–water partition coefficient (Wildman–Crippen LogP) is 1.60. The molecule has 8 nitrogen and oxygen atoms in total. The Morgan fingerprint density at radius 3 is 2.07 bits per heavy atom. The van der Waals surface area contributed by atoms with Crippen LogP contribution in [-0.2, 0) is 19.1 Å². The van der Waals surface area contributed by atoms with E-state index in [1.165, 1.54) is 19.3 Å². The number of ether oxygens (including phenoxy) is 1. The van der Waals surface area contributed by atoms with E-state index in [1.807, 2.05) is 0 Å². The highest BCUT2D eigenvalue weighted by Crippen LogP contribution is 2.60. The van der Waals surface area contributed by atoms with Crippen LogP contribution >= 0.6 is 0 Å². The maximum atomic E-state index is 13.1. The molecule has 0 saturated heterocycles. The molecule has 0 radical (unpaired) electrons. The summed E-state index contributed by atoms with van der Waals surface area (Å²) in [7, 11) is 0. The van der Waals surface area contributed by atoms with Crippen molar-refractivity contribution in [1.82, 2.24) is 5.32 Å². The number of carbonyl (C=O) groups is 4. The average Bonchev–Trinajstić information content (AvgIpc) is 2.70. The fourth-order valence-corrected chi connectivity index (χ4v) is 5.79. The van der Waals surface area contributed by atoms with Crippen molar-refractivity contribution in [2.45, 2.75) is 38.5 Å². The van der Waals surface area contributed by atoms with Crippen molar-refractivity contribution in [3.8, 4) is 0 Å². The highest BCUT2D eigenvalue weighted by molar-refractivity contribution is 5.97. The van der Waals surface area contributed by atoms with Crippen LogP contribution in [0.1, 0.15) is 48.9 Å². The van der Waals surface area contributed by atoms with E-state index in [2.05, 4.69) is 10.6 Å². The molecule has 4 aliphatic carbocycles. The van der Waals surface area contributed by atoms with Gasteiger partial charge in [-0.05, 0) is 80.5 Å². The molecule has 8 heteroatoms. The molecule has 160 valence electrons. The Kier molecular flexibility index (Phi) is 5.49. The van der Waals surface area contributed by atoms with Gasteiger partial charge in [0.05, 0.1) is 17.5 Å². The molecule has 0 unspecified atom stereocenters. The van der Waals surface area contributed by atoms with Gasteiger partial charge in [-0.2, -0.15) is 0 Å². The number of carbonyl (C=O) groups excluding carboxylic acids is 4. The van der Waals surface area contributed by atoms with Crippen LogP contribution in [0.3, 0.4) is 0 Å². The van der Waals surface area contributed by atoms with E-state index in [1.54, 1.807) is 24.3 Å². The molecule has 0 heterocycles. The van der Waals surface area contributed by atoms with E-state index < -0.39 is 24.4 Å². The minimum atomic E-state index is -0.680. The van der Waals surface area contributed by atoms with Crippen LogP contribution in [0.2, 0.25) is 0 Å². The maximum Gasteiger partial charge on any atom is 0.338 e. The Morgan fingerprint density at radius 2 is 1.53 bits per heavy atom. The van der Waals surface area contributed by atoms with Gasteiger partial charge in [0.15, 0.2) is 6.61 Å². The molecule has 4 N–H and O–H groups in total. The van der Waals surface area contributed by atoms with Gasteiger partial charge in [0.25, 0.3) is 5.91 Å². The van der Waals surface area contributed by atoms with Crippen molar-refractivity contribution in [2.75, 3.05) is 18.5 Å². The first-order chi connectivity index (χ1) is 14.3. The number of hydrogen-bond acceptors (Lipinski definition) is 5. The van der Waals surface area contributed by atoms with Crippen LogP contribution in [-0.4, -0.2) is 36.8 Å². The summed E-state index contributed by atoms with van der Waals surface area (Å²) in [6.07, 6.45) is 6.82. The SMILES string of the molecule is NC(=O)CNC(=O)COC(=O)c1ccc(NC(=O)C23CC4CC(CC(C4)C2)C3)cc1. The highest BCUT2D eigenvalue weighted by atomic mass is 16.5. The van der Waals surface area contributed by atoms with Crippen molar-refractivity contribution >= 4 is 29.4 Å². The second-order valence-corrected chi connectivity index (χ2v) is 9.05. The third-order valence-electron chi connectivity index (χ3n) is 6.69. The molecule has 1 aromatic rings. The number of anilines is 1. The molecule has 3 amide bonds. The molecule has 4 bridgehead atoms. The lowest BCUT2D eigenvalue weighted by Crippen LogP contribution is -2.51. The third-order valence-corrected chi connectivity index (χ3v) is 6.69. The van der Waals surface area contributed by atoms with Gasteiger partial charge in [0, 0.05) is 5.69 Å². The zero-order valence-corrected chi connectivity index (χ0v) is 16.8. The van der Waals surface area contributed by atoms with Gasteiger partial charge < -0.3 is 21.1 Å². The van der Waals surface area contributed by atoms with Crippen LogP contribution in [0.5, 0.6) is 0 Å². The second-order valence-electron chi connectivity index (χ2n) is 9.05. The van der Waals surface area contributed by atoms with E-state index in [-0.39, 0.29) is 23.4 Å². The first kappa shape index (κ1) is 20.4. The summed E-state index contributed by atoms with van der Waals surface area (Å²) in [4.78, 5) is 47.3. The number of amides is 3. The van der Waals surface area contributed by atoms with Crippen LogP contribution in [0.4, 0.5) is 5.69 Å². The first-order valence-corrected chi connectivity index (χ1v) is 10.5. The largest absolute Gasteiger partial charge is 0.452 e. The molecule has 0 aliphatic heterocycles. The Morgan fingerprint density at radius 1 is 0.967 bits per heavy atom. The summed E-state index contributed by atoms with van der Waals surface area (Å²) in [6, 6.07) is 6.45. The number of nitrogens with one attached hydrogen (secondary N) is 2. The third kappa shape index (κ3) is 4.32. The molecule has 5 rings (SSSR count). The lowest BCUT2D eigenvalue weighted by atomic mass is 9.49. The summed E-state index contributed by atoms with van der Waals surface area (Å²) in [5, 5.41) is 5.28. The zero-order valence-electron chi connectivity index (χ0n) is 16.8. The van der Waals surface area contributed by atoms with Crippen LogP contribution in [0.25, 0.3) is 0 Å². The molecule has 4 fully saturated rings. The van der Waals surface area contributed by atoms with Crippen LogP contribution < -0.4 is 16.4 Å². The maximum absolute atomic E-state index is 13.1. The topological polar surface area (TPSA) is 128 Å². The van der Waals surface area contributed by atoms with E-state index in [9.17, 15) is 19.2 Å². The van der Waals surface area contributed by atoms with Gasteiger partial charge in [-0.3, -0.25) is 14.4 Å². The smallest absolute Gasteiger partial charge is 0.338 e. The fraction of sp³-hybridized carbons (Fsp3) is 0.545. The van der Waals surface area contributed by atoms with E-state index >= 15 is 0 Å². The molecule has 30 heavy (non-hydrogen) atoms. The molecule has 4 aliphatic rings. The zero-order chi connectivity index (χ0) is 21.3. The van der Waals surface area contributed by atoms with Gasteiger partial charge >= 0.3 is 5.97 Å². The summed E-state index contributed by atoms with van der Waals surface area (Å²) < 4.78 is 4.92. The van der Waals surface area contributed by atoms with E-state index in [4.69, 9.17) is 10.5 Å². The molecule has 1 aromatic carbocycles. The van der Waals surface area contributed by atoms with Crippen molar-refractivity contribution in [1.29, 1.82) is 0 Å². The fourth-order valence-electron chi connectivity index (χ4n) is 5.79. The molecular weight excluding hydrogens is 386 g/mol. The van der Waals surface area contributed by atoms with Crippen molar-refractivity contribution < 1.29 is 23.9 Å². The minimum Gasteiger partial charge on any atom is -0.452 e. The molecule has 0 atom stereocenters. The normalized spacial score (nSPS) is 28.6. The van der Waals surface area contributed by atoms with E-state index in [0.29, 0.717) is 23.4 Å². The molecule has 0 spiro atoms. The summed E-state index contributed by atoms with van der Waals surface area (Å²) in [5.74, 6) is 0.228. The Balaban J connectivity index is 1.30. The first-order valence-electron chi connectivity index (χ1n) is 10.5. The molecule has 4 saturated carbocycles. The molecule has 0 aromatic heterocycles. The van der Waals surface area contributed by atoms with Gasteiger partial charge in [-0.1, -0.05) is 0 Å². The summed E-state index contributed by atoms with van der Waals surface area (Å²) in [6.45, 7) is -0.814. The summed E-state index contributed by atoms with van der Waals surface area (Å²) in [5.41, 5.74) is 5.61. The Labute approximate surface area is 174 Å². The average molecular weight is 413 g/mol. The molecular formula is C22H27N3O5. The van der Waals surface area contributed by atoms with Crippen LogP contribution in [0, 0.1) is 23.2 Å². The highest BCUT2D eigenvalue weighted by Gasteiger charge is 2.54. The van der Waals surface area contributed by atoms with Crippen molar-refractivity contribution in [3.05, 3.63) is 29.8 Å². The number of primary amides is 1. The van der Waals surface area contributed by atoms with Gasteiger partial charge in [-0.25, -0.2) is 4.79 Å². The monoisotopic (exact) mass is 413 g/mol. The number of nitrogens with two attached hydrogens (primary N) is 1. The Hall–Kier alpha value is -2.90. The number of esters is 1. The standard InChI is InChI=1S/C22H27N3O5/c23-18(26)11-24-19(27)12-30-20(28)16-1-3-17(4-2-16)25-21(29)22-8-13-5-14(9-22)7-15(6-13)10-22/h1-4,13-15H,5-12H2,(H2,23,26)(H,24,27)(H,25,29). The van der Waals surface area contributed by atoms with Crippen LogP contribution in [0.15, 0.2) is 24.3 Å².